The molecular formula is C11H10N2O4. The molecule has 0 radical (unpaired) electrons. The molecule has 4 N–H and O–H groups in total. The minimum Gasteiger partial charge on any atom is -0.480 e. The standard InChI is InChI=1S/C11H10N2O4/c12-6(11(16)17)3-5-4-13-7-1-2-8(14)10(15)9(5)7/h1-2,4,6,13H,3,12H2,(H,16,17). The van der Waals surface area contributed by atoms with Gasteiger partial charge < -0.3 is 15.8 Å². The monoisotopic (exact) mass is 234 g/mol. The predicted octanol–water partition coefficient (Wildman–Crippen LogP) is -0.252. The highest BCUT2D eigenvalue weighted by Crippen LogP contribution is 2.21. The average molecular weight is 234 g/mol. The van der Waals surface area contributed by atoms with Gasteiger partial charge >= 0.3 is 5.97 Å². The van der Waals surface area contributed by atoms with Crippen LogP contribution in [0.15, 0.2) is 12.3 Å². The summed E-state index contributed by atoms with van der Waals surface area (Å²) in [6, 6.07) is -1.09. The van der Waals surface area contributed by atoms with Gasteiger partial charge in [-0.2, -0.15) is 0 Å². The summed E-state index contributed by atoms with van der Waals surface area (Å²) >= 11 is 0. The van der Waals surface area contributed by atoms with Crippen molar-refractivity contribution in [1.29, 1.82) is 0 Å². The number of carbonyl (C=O) groups excluding carboxylic acids is 2. The smallest absolute Gasteiger partial charge is 0.320 e. The lowest BCUT2D eigenvalue weighted by Crippen LogP contribution is -2.33. The number of aromatic amines is 1. The molecule has 0 fully saturated rings. The van der Waals surface area contributed by atoms with Gasteiger partial charge in [-0.1, -0.05) is 0 Å². The molecule has 1 unspecified atom stereocenters. The number of aromatic nitrogens is 1. The van der Waals surface area contributed by atoms with E-state index in [0.717, 1.165) is 0 Å². The topological polar surface area (TPSA) is 113 Å². The Morgan fingerprint density at radius 3 is 2.76 bits per heavy atom. The maximum Gasteiger partial charge on any atom is 0.320 e. The number of nitrogens with two attached hydrogens (primary N) is 1. The Bertz CT molecular complexity index is 542. The molecule has 1 heterocycles. The van der Waals surface area contributed by atoms with Gasteiger partial charge in [-0.25, -0.2) is 0 Å². The third-order valence-electron chi connectivity index (χ3n) is 2.60. The second-order valence-electron chi connectivity index (χ2n) is 3.78. The molecule has 0 saturated carbocycles. The molecule has 0 aromatic carbocycles. The third kappa shape index (κ3) is 1.90. The van der Waals surface area contributed by atoms with Crippen LogP contribution in [0.2, 0.25) is 0 Å². The molecular weight excluding hydrogens is 224 g/mol. The highest BCUT2D eigenvalue weighted by atomic mass is 16.4. The van der Waals surface area contributed by atoms with Crippen LogP contribution in [0.4, 0.5) is 0 Å². The van der Waals surface area contributed by atoms with E-state index in [0.29, 0.717) is 11.3 Å². The molecule has 6 heteroatoms. The molecule has 0 spiro atoms. The molecule has 0 saturated heterocycles. The molecule has 1 aliphatic rings. The Labute approximate surface area is 96.1 Å². The quantitative estimate of drug-likeness (QED) is 0.624. The summed E-state index contributed by atoms with van der Waals surface area (Å²) in [4.78, 5) is 36.3. The summed E-state index contributed by atoms with van der Waals surface area (Å²) in [6.45, 7) is 0. The van der Waals surface area contributed by atoms with Gasteiger partial charge in [0.15, 0.2) is 0 Å². The van der Waals surface area contributed by atoms with Gasteiger partial charge in [-0.05, 0) is 17.7 Å². The van der Waals surface area contributed by atoms with Gasteiger partial charge in [-0.15, -0.1) is 0 Å². The van der Waals surface area contributed by atoms with E-state index in [2.05, 4.69) is 4.98 Å². The summed E-state index contributed by atoms with van der Waals surface area (Å²) in [7, 11) is 0. The Balaban J connectivity index is 2.36. The van der Waals surface area contributed by atoms with Gasteiger partial charge in [0.05, 0.1) is 5.56 Å². The number of allylic oxidation sites excluding steroid dienone is 1. The van der Waals surface area contributed by atoms with Crippen LogP contribution in [0, 0.1) is 0 Å². The molecule has 6 nitrogen and oxygen atoms in total. The number of fused-ring (bicyclic) bond motifs is 1. The van der Waals surface area contributed by atoms with Gasteiger partial charge in [0.2, 0.25) is 11.6 Å². The van der Waals surface area contributed by atoms with E-state index in [-0.39, 0.29) is 12.0 Å². The van der Waals surface area contributed by atoms with Crippen molar-refractivity contribution in [3.63, 3.8) is 0 Å². The summed E-state index contributed by atoms with van der Waals surface area (Å²) < 4.78 is 0. The van der Waals surface area contributed by atoms with Gasteiger partial charge in [0.25, 0.3) is 0 Å². The number of ketones is 2. The second kappa shape index (κ2) is 3.99. The SMILES string of the molecule is NC(Cc1c[nH]c2c1C(=O)C(=O)C=C2)C(=O)O. The number of carboxylic acids is 1. The molecule has 17 heavy (non-hydrogen) atoms. The van der Waals surface area contributed by atoms with Crippen LogP contribution in [0.25, 0.3) is 6.08 Å². The number of hydrogen-bond donors (Lipinski definition) is 3. The van der Waals surface area contributed by atoms with Crippen molar-refractivity contribution >= 4 is 23.6 Å². The van der Waals surface area contributed by atoms with Crippen molar-refractivity contribution in [2.75, 3.05) is 0 Å². The van der Waals surface area contributed by atoms with Gasteiger partial charge in [0, 0.05) is 18.3 Å². The first-order valence-corrected chi connectivity index (χ1v) is 4.96. The molecule has 1 aromatic heterocycles. The van der Waals surface area contributed by atoms with Crippen LogP contribution in [0.3, 0.4) is 0 Å². The van der Waals surface area contributed by atoms with Crippen molar-refractivity contribution in [2.24, 2.45) is 5.73 Å². The second-order valence-corrected chi connectivity index (χ2v) is 3.78. The van der Waals surface area contributed by atoms with Crippen LogP contribution in [-0.2, 0) is 16.0 Å². The largest absolute Gasteiger partial charge is 0.480 e. The molecule has 0 amide bonds. The van der Waals surface area contributed by atoms with Crippen LogP contribution in [0.1, 0.15) is 21.6 Å². The minimum atomic E-state index is -1.15. The molecule has 0 aliphatic heterocycles. The molecule has 1 atom stereocenters. The van der Waals surface area contributed by atoms with E-state index in [9.17, 15) is 14.4 Å². The normalized spacial score (nSPS) is 15.8. The maximum absolute atomic E-state index is 11.6. The maximum atomic E-state index is 11.6. The van der Waals surface area contributed by atoms with Crippen molar-refractivity contribution in [2.45, 2.75) is 12.5 Å². The number of aliphatic carboxylic acids is 1. The number of carbonyl (C=O) groups is 3. The highest BCUT2D eigenvalue weighted by Gasteiger charge is 2.27. The van der Waals surface area contributed by atoms with Crippen LogP contribution in [-0.4, -0.2) is 33.7 Å². The van der Waals surface area contributed by atoms with E-state index in [1.54, 1.807) is 0 Å². The first-order chi connectivity index (χ1) is 8.00. The Hall–Kier alpha value is -2.21. The first-order valence-electron chi connectivity index (χ1n) is 4.96. The fraction of sp³-hybridized carbons (Fsp3) is 0.182. The Morgan fingerprint density at radius 2 is 2.12 bits per heavy atom. The van der Waals surface area contributed by atoms with Crippen molar-refractivity contribution in [1.82, 2.24) is 4.98 Å². The number of nitrogens with one attached hydrogen (secondary N) is 1. The minimum absolute atomic E-state index is 0.00796. The van der Waals surface area contributed by atoms with Crippen molar-refractivity contribution in [3.8, 4) is 0 Å². The zero-order valence-electron chi connectivity index (χ0n) is 8.77. The average Bonchev–Trinajstić information content (AvgIpc) is 2.67. The number of hydrogen-bond acceptors (Lipinski definition) is 4. The van der Waals surface area contributed by atoms with E-state index >= 15 is 0 Å². The van der Waals surface area contributed by atoms with Crippen molar-refractivity contribution in [3.05, 3.63) is 29.1 Å². The number of rotatable bonds is 3. The summed E-state index contributed by atoms with van der Waals surface area (Å²) in [5, 5.41) is 8.70. The Kier molecular flexibility index (Phi) is 2.64. The number of Topliss-reactive ketones (excluding diaryl/α,β-unsaturated/α-hetero) is 1. The summed E-state index contributed by atoms with van der Waals surface area (Å²) in [5.74, 6) is -2.39. The number of carboxylic acid groups (broad SMARTS) is 1. The fourth-order valence-electron chi connectivity index (χ4n) is 1.72. The van der Waals surface area contributed by atoms with Crippen LogP contribution >= 0.6 is 0 Å². The lowest BCUT2D eigenvalue weighted by Gasteiger charge is -2.08. The fourth-order valence-corrected chi connectivity index (χ4v) is 1.72. The number of H-pyrrole nitrogens is 1. The van der Waals surface area contributed by atoms with Crippen molar-refractivity contribution < 1.29 is 19.5 Å². The van der Waals surface area contributed by atoms with Crippen LogP contribution < -0.4 is 5.73 Å². The molecule has 1 aliphatic carbocycles. The van der Waals surface area contributed by atoms with E-state index < -0.39 is 23.6 Å². The zero-order chi connectivity index (χ0) is 12.6. The molecule has 2 rings (SSSR count). The lowest BCUT2D eigenvalue weighted by molar-refractivity contribution is -0.138. The Morgan fingerprint density at radius 1 is 1.41 bits per heavy atom. The lowest BCUT2D eigenvalue weighted by atomic mass is 9.95. The molecule has 0 bridgehead atoms. The predicted molar refractivity (Wildman–Crippen MR) is 58.5 cm³/mol. The van der Waals surface area contributed by atoms with E-state index in [1.165, 1.54) is 18.3 Å². The summed E-state index contributed by atoms with van der Waals surface area (Å²) in [5.41, 5.74) is 6.60. The van der Waals surface area contributed by atoms with Crippen LogP contribution in [0.5, 0.6) is 0 Å². The third-order valence-corrected chi connectivity index (χ3v) is 2.60. The zero-order valence-corrected chi connectivity index (χ0v) is 8.77. The molecule has 88 valence electrons. The van der Waals surface area contributed by atoms with E-state index in [1.807, 2.05) is 0 Å². The molecule has 1 aromatic rings. The summed E-state index contributed by atoms with van der Waals surface area (Å²) in [6.07, 6.45) is 4.19. The van der Waals surface area contributed by atoms with Gasteiger partial charge in [0.1, 0.15) is 6.04 Å². The highest BCUT2D eigenvalue weighted by molar-refractivity contribution is 6.50. The first kappa shape index (κ1) is 11.3. The van der Waals surface area contributed by atoms with Gasteiger partial charge in [-0.3, -0.25) is 14.4 Å². The van der Waals surface area contributed by atoms with E-state index in [4.69, 9.17) is 10.8 Å².